The molecule has 0 spiro atoms. The van der Waals surface area contributed by atoms with E-state index in [2.05, 4.69) is 4.98 Å². The van der Waals surface area contributed by atoms with Crippen molar-refractivity contribution in [2.75, 3.05) is 13.1 Å². The minimum Gasteiger partial charge on any atom is -0.354 e. The fourth-order valence-electron chi connectivity index (χ4n) is 2.24. The van der Waals surface area contributed by atoms with Crippen molar-refractivity contribution in [2.45, 2.75) is 32.6 Å². The van der Waals surface area contributed by atoms with Crippen LogP contribution in [0.1, 0.15) is 41.9 Å². The zero-order valence-corrected chi connectivity index (χ0v) is 10.2. The number of rotatable bonds is 1. The Hall–Kier alpha value is -1.58. The molecule has 0 radical (unpaired) electrons. The first-order valence-electron chi connectivity index (χ1n) is 6.17. The molecular weight excluding hydrogens is 216 g/mol. The highest BCUT2D eigenvalue weighted by Gasteiger charge is 2.18. The molecule has 92 valence electrons. The summed E-state index contributed by atoms with van der Waals surface area (Å²) >= 11 is 0. The summed E-state index contributed by atoms with van der Waals surface area (Å²) in [5.74, 6) is -0.0484. The Bertz CT molecular complexity index is 457. The Kier molecular flexibility index (Phi) is 3.61. The second-order valence-electron chi connectivity index (χ2n) is 4.62. The number of carbonyl (C=O) groups is 1. The summed E-state index contributed by atoms with van der Waals surface area (Å²) in [6.07, 6.45) is 4.49. The second-order valence-corrected chi connectivity index (χ2v) is 4.62. The summed E-state index contributed by atoms with van der Waals surface area (Å²) in [7, 11) is 0. The first-order valence-corrected chi connectivity index (χ1v) is 6.17. The molecule has 17 heavy (non-hydrogen) atoms. The van der Waals surface area contributed by atoms with Gasteiger partial charge in [-0.3, -0.25) is 9.59 Å². The monoisotopic (exact) mass is 234 g/mol. The van der Waals surface area contributed by atoms with E-state index in [4.69, 9.17) is 0 Å². The Balaban J connectivity index is 2.20. The van der Waals surface area contributed by atoms with Crippen molar-refractivity contribution in [3.8, 4) is 0 Å². The summed E-state index contributed by atoms with van der Waals surface area (Å²) in [4.78, 5) is 28.4. The average Bonchev–Trinajstić information content (AvgIpc) is 2.55. The maximum absolute atomic E-state index is 12.2. The van der Waals surface area contributed by atoms with Crippen molar-refractivity contribution < 1.29 is 4.79 Å². The Morgan fingerprint density at radius 3 is 2.41 bits per heavy atom. The van der Waals surface area contributed by atoms with Crippen LogP contribution in [0.4, 0.5) is 0 Å². The number of carbonyl (C=O) groups excluding carboxylic acids is 1. The number of aryl methyl sites for hydroxylation is 1. The third-order valence-corrected chi connectivity index (χ3v) is 3.10. The van der Waals surface area contributed by atoms with Gasteiger partial charge >= 0.3 is 0 Å². The van der Waals surface area contributed by atoms with Crippen LogP contribution in [0.15, 0.2) is 16.9 Å². The van der Waals surface area contributed by atoms with Crippen molar-refractivity contribution in [1.29, 1.82) is 0 Å². The number of nitrogens with one attached hydrogen (secondary N) is 1. The van der Waals surface area contributed by atoms with Crippen LogP contribution < -0.4 is 5.43 Å². The van der Waals surface area contributed by atoms with Gasteiger partial charge in [0.15, 0.2) is 5.43 Å². The van der Waals surface area contributed by atoms with Gasteiger partial charge in [-0.05, 0) is 19.8 Å². The lowest BCUT2D eigenvalue weighted by molar-refractivity contribution is 0.0755. The van der Waals surface area contributed by atoms with Crippen LogP contribution in [-0.2, 0) is 0 Å². The van der Waals surface area contributed by atoms with Gasteiger partial charge < -0.3 is 9.88 Å². The van der Waals surface area contributed by atoms with Gasteiger partial charge in [-0.1, -0.05) is 12.8 Å². The maximum Gasteiger partial charge on any atom is 0.270 e. The van der Waals surface area contributed by atoms with E-state index in [1.807, 2.05) is 4.90 Å². The molecule has 2 rings (SSSR count). The van der Waals surface area contributed by atoms with Crippen molar-refractivity contribution in [1.82, 2.24) is 9.88 Å². The number of likely N-dealkylation sites (tertiary alicyclic amines) is 1. The smallest absolute Gasteiger partial charge is 0.270 e. The molecule has 0 atom stereocenters. The number of amides is 1. The fourth-order valence-corrected chi connectivity index (χ4v) is 2.24. The minimum absolute atomic E-state index is 0.0484. The molecule has 0 unspecified atom stereocenters. The van der Waals surface area contributed by atoms with Gasteiger partial charge in [0, 0.05) is 30.9 Å². The van der Waals surface area contributed by atoms with Crippen LogP contribution in [0.2, 0.25) is 0 Å². The summed E-state index contributed by atoms with van der Waals surface area (Å²) in [6.45, 7) is 3.39. The van der Waals surface area contributed by atoms with Gasteiger partial charge in [0.05, 0.1) is 0 Å². The van der Waals surface area contributed by atoms with Gasteiger partial charge in [-0.25, -0.2) is 0 Å². The van der Waals surface area contributed by atoms with Gasteiger partial charge in [-0.15, -0.1) is 0 Å². The third-order valence-electron chi connectivity index (χ3n) is 3.10. The molecule has 0 aromatic carbocycles. The first-order chi connectivity index (χ1) is 8.16. The van der Waals surface area contributed by atoms with Crippen molar-refractivity contribution in [3.05, 3.63) is 33.7 Å². The lowest BCUT2D eigenvalue weighted by Crippen LogP contribution is -2.33. The van der Waals surface area contributed by atoms with Gasteiger partial charge in [0.2, 0.25) is 0 Å². The lowest BCUT2D eigenvalue weighted by Gasteiger charge is -2.20. The molecule has 1 fully saturated rings. The number of hydrogen-bond donors (Lipinski definition) is 1. The summed E-state index contributed by atoms with van der Waals surface area (Å²) in [5.41, 5.74) is 1.03. The normalized spacial score (nSPS) is 16.6. The number of nitrogens with zero attached hydrogens (tertiary/aromatic N) is 1. The summed E-state index contributed by atoms with van der Waals surface area (Å²) < 4.78 is 0. The second kappa shape index (κ2) is 5.17. The summed E-state index contributed by atoms with van der Waals surface area (Å²) in [5, 5.41) is 0. The van der Waals surface area contributed by atoms with E-state index in [0.29, 0.717) is 5.69 Å². The molecule has 0 saturated carbocycles. The zero-order valence-electron chi connectivity index (χ0n) is 10.2. The largest absolute Gasteiger partial charge is 0.354 e. The van der Waals surface area contributed by atoms with E-state index < -0.39 is 0 Å². The standard InChI is InChI=1S/C13H18N2O2/c1-10-8-11(16)9-12(14-10)13(17)15-6-4-2-3-5-7-15/h8-9H,2-7H2,1H3,(H,14,16). The van der Waals surface area contributed by atoms with Crippen LogP contribution >= 0.6 is 0 Å². The van der Waals surface area contributed by atoms with Crippen molar-refractivity contribution in [2.24, 2.45) is 0 Å². The topological polar surface area (TPSA) is 53.2 Å². The number of pyridine rings is 1. The van der Waals surface area contributed by atoms with Crippen LogP contribution in [0.5, 0.6) is 0 Å². The molecule has 4 heteroatoms. The fraction of sp³-hybridized carbons (Fsp3) is 0.538. The molecule has 0 bridgehead atoms. The first kappa shape index (κ1) is 11.9. The Labute approximate surface area is 101 Å². The minimum atomic E-state index is -0.112. The number of aromatic nitrogens is 1. The predicted octanol–water partition coefficient (Wildman–Crippen LogP) is 1.70. The van der Waals surface area contributed by atoms with E-state index in [-0.39, 0.29) is 11.3 Å². The molecular formula is C13H18N2O2. The van der Waals surface area contributed by atoms with Gasteiger partial charge in [0.1, 0.15) is 5.69 Å². The van der Waals surface area contributed by atoms with Gasteiger partial charge in [0.25, 0.3) is 5.91 Å². The maximum atomic E-state index is 12.2. The molecule has 0 aliphatic carbocycles. The SMILES string of the molecule is Cc1cc(=O)cc(C(=O)N2CCCCCC2)[nH]1. The highest BCUT2D eigenvalue weighted by atomic mass is 16.2. The van der Waals surface area contributed by atoms with E-state index in [9.17, 15) is 9.59 Å². The molecule has 1 N–H and O–H groups in total. The number of aromatic amines is 1. The lowest BCUT2D eigenvalue weighted by atomic mass is 10.2. The van der Waals surface area contributed by atoms with Crippen LogP contribution in [0.3, 0.4) is 0 Å². The van der Waals surface area contributed by atoms with E-state index in [0.717, 1.165) is 31.6 Å². The van der Waals surface area contributed by atoms with E-state index in [1.54, 1.807) is 6.92 Å². The summed E-state index contributed by atoms with van der Waals surface area (Å²) in [6, 6.07) is 2.89. The van der Waals surface area contributed by atoms with Crippen molar-refractivity contribution in [3.63, 3.8) is 0 Å². The quantitative estimate of drug-likeness (QED) is 0.804. The molecule has 1 aromatic heterocycles. The van der Waals surface area contributed by atoms with Crippen LogP contribution in [0, 0.1) is 6.92 Å². The number of H-pyrrole nitrogens is 1. The molecule has 1 amide bonds. The predicted molar refractivity (Wildman–Crippen MR) is 66.2 cm³/mol. The van der Waals surface area contributed by atoms with E-state index >= 15 is 0 Å². The Morgan fingerprint density at radius 1 is 1.18 bits per heavy atom. The molecule has 2 heterocycles. The highest BCUT2D eigenvalue weighted by Crippen LogP contribution is 2.12. The average molecular weight is 234 g/mol. The molecule has 1 aromatic rings. The highest BCUT2D eigenvalue weighted by molar-refractivity contribution is 5.92. The molecule has 1 saturated heterocycles. The Morgan fingerprint density at radius 2 is 1.82 bits per heavy atom. The zero-order chi connectivity index (χ0) is 12.3. The molecule has 1 aliphatic rings. The van der Waals surface area contributed by atoms with Crippen molar-refractivity contribution >= 4 is 5.91 Å². The number of hydrogen-bond acceptors (Lipinski definition) is 2. The van der Waals surface area contributed by atoms with Gasteiger partial charge in [-0.2, -0.15) is 0 Å². The molecule has 4 nitrogen and oxygen atoms in total. The molecule has 1 aliphatic heterocycles. The van der Waals surface area contributed by atoms with Crippen LogP contribution in [-0.4, -0.2) is 28.9 Å². The van der Waals surface area contributed by atoms with E-state index in [1.165, 1.54) is 25.0 Å². The van der Waals surface area contributed by atoms with Crippen LogP contribution in [0.25, 0.3) is 0 Å². The third kappa shape index (κ3) is 2.96.